The first-order valence-corrected chi connectivity index (χ1v) is 5.90. The number of imidazole rings is 1. The van der Waals surface area contributed by atoms with Crippen LogP contribution in [0.2, 0.25) is 0 Å². The smallest absolute Gasteiger partial charge is 0.154 e. The first-order valence-electron chi connectivity index (χ1n) is 5.11. The summed E-state index contributed by atoms with van der Waals surface area (Å²) in [5.74, 6) is 0.491. The molecule has 2 rings (SSSR count). The molecule has 0 aromatic carbocycles. The molecule has 2 heterocycles. The zero-order valence-corrected chi connectivity index (χ0v) is 10.9. The highest BCUT2D eigenvalue weighted by Crippen LogP contribution is 2.26. The molecule has 1 unspecified atom stereocenters. The van der Waals surface area contributed by atoms with E-state index in [0.29, 0.717) is 24.7 Å². The quantitative estimate of drug-likeness (QED) is 0.867. The highest BCUT2D eigenvalue weighted by atomic mass is 79.9. The number of rotatable bonds is 5. The Morgan fingerprint density at radius 1 is 1.65 bits per heavy atom. The van der Waals surface area contributed by atoms with Gasteiger partial charge >= 0.3 is 0 Å². The van der Waals surface area contributed by atoms with Crippen LogP contribution < -0.4 is 0 Å². The molecule has 17 heavy (non-hydrogen) atoms. The molecular formula is C10H13BrN4O2. The fraction of sp³-hybridized carbons (Fsp3) is 0.400. The SMILES string of the molecule is COCCn1ncc(Br)c1C(O)c1ncc[nH]1. The lowest BCUT2D eigenvalue weighted by Crippen LogP contribution is -2.14. The molecule has 0 aliphatic carbocycles. The Bertz CT molecular complexity index is 469. The standard InChI is InChI=1S/C10H13BrN4O2/c1-17-5-4-15-8(7(11)6-14-15)9(16)10-12-2-3-13-10/h2-3,6,9,16H,4-5H2,1H3,(H,12,13). The van der Waals surface area contributed by atoms with E-state index in [1.165, 1.54) is 0 Å². The number of nitrogens with zero attached hydrogens (tertiary/aromatic N) is 3. The fourth-order valence-electron chi connectivity index (χ4n) is 1.56. The van der Waals surface area contributed by atoms with Gasteiger partial charge in [0.15, 0.2) is 6.10 Å². The molecule has 2 N–H and O–H groups in total. The summed E-state index contributed by atoms with van der Waals surface area (Å²) >= 11 is 3.37. The van der Waals surface area contributed by atoms with Crippen molar-refractivity contribution in [3.63, 3.8) is 0 Å². The second-order valence-electron chi connectivity index (χ2n) is 3.47. The number of hydrogen-bond acceptors (Lipinski definition) is 4. The van der Waals surface area contributed by atoms with Crippen molar-refractivity contribution in [3.05, 3.63) is 34.6 Å². The Labute approximate surface area is 107 Å². The minimum absolute atomic E-state index is 0.491. The van der Waals surface area contributed by atoms with Gasteiger partial charge in [0.2, 0.25) is 0 Å². The van der Waals surface area contributed by atoms with Crippen molar-refractivity contribution in [3.8, 4) is 0 Å². The van der Waals surface area contributed by atoms with Gasteiger partial charge in [0.1, 0.15) is 5.82 Å². The van der Waals surface area contributed by atoms with Gasteiger partial charge in [0, 0.05) is 19.5 Å². The Kier molecular flexibility index (Phi) is 3.93. The van der Waals surface area contributed by atoms with Crippen LogP contribution in [-0.2, 0) is 11.3 Å². The van der Waals surface area contributed by atoms with Gasteiger partial charge in [-0.1, -0.05) is 0 Å². The fourth-order valence-corrected chi connectivity index (χ4v) is 2.07. The van der Waals surface area contributed by atoms with Crippen LogP contribution in [0.25, 0.3) is 0 Å². The van der Waals surface area contributed by atoms with Gasteiger partial charge in [0.05, 0.1) is 29.5 Å². The van der Waals surface area contributed by atoms with Crippen molar-refractivity contribution >= 4 is 15.9 Å². The molecule has 0 saturated heterocycles. The summed E-state index contributed by atoms with van der Waals surface area (Å²) in [6.45, 7) is 1.11. The molecule has 7 heteroatoms. The van der Waals surface area contributed by atoms with Gasteiger partial charge in [-0.3, -0.25) is 4.68 Å². The van der Waals surface area contributed by atoms with Crippen molar-refractivity contribution in [1.82, 2.24) is 19.7 Å². The third-order valence-electron chi connectivity index (χ3n) is 2.38. The number of aromatic amines is 1. The van der Waals surface area contributed by atoms with Gasteiger partial charge in [0.25, 0.3) is 0 Å². The monoisotopic (exact) mass is 300 g/mol. The first-order chi connectivity index (χ1) is 8.24. The lowest BCUT2D eigenvalue weighted by Gasteiger charge is -2.12. The van der Waals surface area contributed by atoms with Crippen LogP contribution in [0.3, 0.4) is 0 Å². The summed E-state index contributed by atoms with van der Waals surface area (Å²) < 4.78 is 7.44. The maximum Gasteiger partial charge on any atom is 0.154 e. The summed E-state index contributed by atoms with van der Waals surface area (Å²) in [5, 5.41) is 14.4. The van der Waals surface area contributed by atoms with E-state index in [1.54, 1.807) is 30.4 Å². The Morgan fingerprint density at radius 2 is 2.47 bits per heavy atom. The summed E-state index contributed by atoms with van der Waals surface area (Å²) in [5.41, 5.74) is 0.664. The number of ether oxygens (including phenoxy) is 1. The summed E-state index contributed by atoms with van der Waals surface area (Å²) in [7, 11) is 1.63. The number of nitrogens with one attached hydrogen (secondary N) is 1. The van der Waals surface area contributed by atoms with Crippen LogP contribution in [0, 0.1) is 0 Å². The molecule has 1 atom stereocenters. The van der Waals surface area contributed by atoms with Crippen molar-refractivity contribution in [2.24, 2.45) is 0 Å². The first kappa shape index (κ1) is 12.3. The molecule has 0 aliphatic rings. The molecule has 6 nitrogen and oxygen atoms in total. The summed E-state index contributed by atoms with van der Waals surface area (Å²) in [4.78, 5) is 6.92. The van der Waals surface area contributed by atoms with Crippen molar-refractivity contribution < 1.29 is 9.84 Å². The minimum atomic E-state index is -0.835. The predicted octanol–water partition coefficient (Wildman–Crippen LogP) is 1.10. The molecular weight excluding hydrogens is 288 g/mol. The molecule has 2 aromatic heterocycles. The maximum absolute atomic E-state index is 10.2. The molecule has 92 valence electrons. The molecule has 0 amide bonds. The number of methoxy groups -OCH3 is 1. The van der Waals surface area contributed by atoms with Crippen LogP contribution in [0.1, 0.15) is 17.6 Å². The minimum Gasteiger partial charge on any atom is -0.383 e. The van der Waals surface area contributed by atoms with Gasteiger partial charge in [-0.25, -0.2) is 4.98 Å². The van der Waals surface area contributed by atoms with Gasteiger partial charge in [-0.15, -0.1) is 0 Å². The molecule has 0 fully saturated rings. The van der Waals surface area contributed by atoms with E-state index < -0.39 is 6.10 Å². The number of aromatic nitrogens is 4. The van der Waals surface area contributed by atoms with E-state index in [2.05, 4.69) is 31.0 Å². The average molecular weight is 301 g/mol. The summed E-state index contributed by atoms with van der Waals surface area (Å²) in [6, 6.07) is 0. The molecule has 0 bridgehead atoms. The largest absolute Gasteiger partial charge is 0.383 e. The maximum atomic E-state index is 10.2. The third-order valence-corrected chi connectivity index (χ3v) is 2.99. The lowest BCUT2D eigenvalue weighted by atomic mass is 10.2. The van der Waals surface area contributed by atoms with Crippen LogP contribution >= 0.6 is 15.9 Å². The number of aliphatic hydroxyl groups excluding tert-OH is 1. The third kappa shape index (κ3) is 2.56. The van der Waals surface area contributed by atoms with E-state index in [-0.39, 0.29) is 0 Å². The van der Waals surface area contributed by atoms with Crippen LogP contribution in [0.5, 0.6) is 0 Å². The number of H-pyrrole nitrogens is 1. The topological polar surface area (TPSA) is 76.0 Å². The number of hydrogen-bond donors (Lipinski definition) is 2. The van der Waals surface area contributed by atoms with Gasteiger partial charge in [-0.05, 0) is 15.9 Å². The Balaban J connectivity index is 2.27. The van der Waals surface area contributed by atoms with E-state index in [1.807, 2.05) is 0 Å². The highest BCUT2D eigenvalue weighted by molar-refractivity contribution is 9.10. The predicted molar refractivity (Wildman–Crippen MR) is 64.5 cm³/mol. The van der Waals surface area contributed by atoms with Gasteiger partial charge < -0.3 is 14.8 Å². The second kappa shape index (κ2) is 5.44. The van der Waals surface area contributed by atoms with Gasteiger partial charge in [-0.2, -0.15) is 5.10 Å². The zero-order valence-electron chi connectivity index (χ0n) is 9.30. The van der Waals surface area contributed by atoms with Crippen molar-refractivity contribution in [1.29, 1.82) is 0 Å². The van der Waals surface area contributed by atoms with E-state index in [9.17, 15) is 5.11 Å². The van der Waals surface area contributed by atoms with E-state index in [4.69, 9.17) is 4.74 Å². The zero-order chi connectivity index (χ0) is 12.3. The van der Waals surface area contributed by atoms with E-state index >= 15 is 0 Å². The summed E-state index contributed by atoms with van der Waals surface area (Å²) in [6.07, 6.45) is 4.08. The van der Waals surface area contributed by atoms with Crippen LogP contribution in [0.15, 0.2) is 23.1 Å². The lowest BCUT2D eigenvalue weighted by molar-refractivity contribution is 0.168. The van der Waals surface area contributed by atoms with Crippen LogP contribution in [0.4, 0.5) is 0 Å². The molecule has 0 spiro atoms. The molecule has 0 saturated carbocycles. The normalized spacial score (nSPS) is 12.9. The second-order valence-corrected chi connectivity index (χ2v) is 4.32. The highest BCUT2D eigenvalue weighted by Gasteiger charge is 2.21. The average Bonchev–Trinajstić information content (AvgIpc) is 2.95. The Hall–Kier alpha value is -1.18. The van der Waals surface area contributed by atoms with Crippen molar-refractivity contribution in [2.75, 3.05) is 13.7 Å². The van der Waals surface area contributed by atoms with Crippen LogP contribution in [-0.4, -0.2) is 38.6 Å². The molecule has 0 aliphatic heterocycles. The Morgan fingerprint density at radius 3 is 3.12 bits per heavy atom. The van der Waals surface area contributed by atoms with E-state index in [0.717, 1.165) is 4.47 Å². The number of aliphatic hydroxyl groups is 1. The molecule has 2 aromatic rings. The molecule has 0 radical (unpaired) electrons. The number of halogens is 1. The van der Waals surface area contributed by atoms with Crippen molar-refractivity contribution in [2.45, 2.75) is 12.6 Å².